The van der Waals surface area contributed by atoms with Crippen LogP contribution in [0, 0.1) is 11.2 Å². The fraction of sp³-hybridized carbons (Fsp3) is 0.154. The maximum atomic E-state index is 13.3. The zero-order valence-corrected chi connectivity index (χ0v) is 10.5. The molecule has 1 aromatic carbocycles. The number of benzene rings is 1. The molecular formula is C13H13FN2OS. The van der Waals surface area contributed by atoms with Gasteiger partial charge in [0.05, 0.1) is 13.2 Å². The van der Waals surface area contributed by atoms with E-state index >= 15 is 0 Å². The number of nitrogen functional groups attached to an aromatic ring is 1. The summed E-state index contributed by atoms with van der Waals surface area (Å²) in [5.74, 6) is -0.550. The predicted molar refractivity (Wildman–Crippen MR) is 70.2 cm³/mol. The number of nitrogens with two attached hydrogens (primary N) is 1. The molecule has 0 aliphatic rings. The third-order valence-corrected chi connectivity index (χ3v) is 3.21. The molecule has 3 nitrogen and oxygen atoms in total. The Morgan fingerprint density at radius 2 is 2.17 bits per heavy atom. The van der Waals surface area contributed by atoms with Crippen molar-refractivity contribution in [3.8, 4) is 0 Å². The molecule has 0 unspecified atom stereocenters. The molecule has 3 N–H and O–H groups in total. The first-order valence-corrected chi connectivity index (χ1v) is 6.27. The average Bonchev–Trinajstić information content (AvgIpc) is 2.81. The Morgan fingerprint density at radius 1 is 1.33 bits per heavy atom. The summed E-state index contributed by atoms with van der Waals surface area (Å²) in [7, 11) is 0. The van der Waals surface area contributed by atoms with Crippen LogP contribution in [0.5, 0.6) is 0 Å². The molecule has 94 valence electrons. The summed E-state index contributed by atoms with van der Waals surface area (Å²) in [6.45, 7) is 0.805. The minimum Gasteiger partial charge on any atom is -0.384 e. The second-order valence-corrected chi connectivity index (χ2v) is 4.87. The van der Waals surface area contributed by atoms with Crippen molar-refractivity contribution in [2.45, 2.75) is 13.2 Å². The molecule has 5 heteroatoms. The minimum atomic E-state index is -0.405. The second-order valence-electron chi connectivity index (χ2n) is 3.83. The molecule has 18 heavy (non-hydrogen) atoms. The number of amidine groups is 1. The maximum Gasteiger partial charge on any atom is 0.124 e. The second kappa shape index (κ2) is 5.75. The van der Waals surface area contributed by atoms with E-state index in [0.717, 1.165) is 4.88 Å². The van der Waals surface area contributed by atoms with Crippen molar-refractivity contribution in [1.82, 2.24) is 0 Å². The molecule has 2 rings (SSSR count). The van der Waals surface area contributed by atoms with Crippen molar-refractivity contribution in [3.63, 3.8) is 0 Å². The highest BCUT2D eigenvalue weighted by Crippen LogP contribution is 2.13. The monoisotopic (exact) mass is 264 g/mol. The summed E-state index contributed by atoms with van der Waals surface area (Å²) in [6, 6.07) is 8.24. The van der Waals surface area contributed by atoms with Gasteiger partial charge in [0.1, 0.15) is 11.7 Å². The molecule has 0 saturated heterocycles. The van der Waals surface area contributed by atoms with Crippen molar-refractivity contribution in [1.29, 1.82) is 5.41 Å². The lowest BCUT2D eigenvalue weighted by Gasteiger charge is -2.06. The number of thiophene rings is 1. The van der Waals surface area contributed by atoms with E-state index in [1.54, 1.807) is 17.4 Å². The quantitative estimate of drug-likeness (QED) is 0.644. The van der Waals surface area contributed by atoms with Gasteiger partial charge in [0.15, 0.2) is 0 Å². The van der Waals surface area contributed by atoms with Crippen molar-refractivity contribution in [2.75, 3.05) is 0 Å². The van der Waals surface area contributed by atoms with E-state index in [1.165, 1.54) is 12.1 Å². The first kappa shape index (κ1) is 12.7. The Labute approximate surface area is 109 Å². The standard InChI is InChI=1S/C13H13FN2OS/c14-11-5-9(4-10(6-11)13(15)16)7-17-8-12-2-1-3-18-12/h1-6H,7-8H2,(H3,15,16). The Bertz CT molecular complexity index is 540. The van der Waals surface area contributed by atoms with Crippen molar-refractivity contribution in [2.24, 2.45) is 5.73 Å². The highest BCUT2D eigenvalue weighted by atomic mass is 32.1. The third-order valence-electron chi connectivity index (χ3n) is 2.36. The lowest BCUT2D eigenvalue weighted by atomic mass is 10.1. The van der Waals surface area contributed by atoms with Crippen molar-refractivity contribution in [3.05, 3.63) is 57.5 Å². The van der Waals surface area contributed by atoms with E-state index in [1.807, 2.05) is 17.5 Å². The molecule has 0 atom stereocenters. The zero-order chi connectivity index (χ0) is 13.0. The number of halogens is 1. The van der Waals surface area contributed by atoms with E-state index in [-0.39, 0.29) is 5.84 Å². The van der Waals surface area contributed by atoms with Gasteiger partial charge in [-0.2, -0.15) is 0 Å². The van der Waals surface area contributed by atoms with Crippen LogP contribution in [0.3, 0.4) is 0 Å². The van der Waals surface area contributed by atoms with Crippen LogP contribution in [0.1, 0.15) is 16.0 Å². The van der Waals surface area contributed by atoms with Crippen LogP contribution in [0.15, 0.2) is 35.7 Å². The van der Waals surface area contributed by atoms with Gasteiger partial charge in [-0.1, -0.05) is 6.07 Å². The van der Waals surface area contributed by atoms with E-state index in [2.05, 4.69) is 0 Å². The fourth-order valence-corrected chi connectivity index (χ4v) is 2.19. The Balaban J connectivity index is 1.98. The van der Waals surface area contributed by atoms with Crippen LogP contribution < -0.4 is 5.73 Å². The van der Waals surface area contributed by atoms with Gasteiger partial charge in [0.25, 0.3) is 0 Å². The van der Waals surface area contributed by atoms with Gasteiger partial charge >= 0.3 is 0 Å². The van der Waals surface area contributed by atoms with Gasteiger partial charge < -0.3 is 10.5 Å². The molecule has 0 aliphatic heterocycles. The molecule has 0 spiro atoms. The minimum absolute atomic E-state index is 0.144. The van der Waals surface area contributed by atoms with Crippen LogP contribution in [-0.2, 0) is 18.0 Å². The van der Waals surface area contributed by atoms with Gasteiger partial charge in [0.2, 0.25) is 0 Å². The van der Waals surface area contributed by atoms with E-state index in [0.29, 0.717) is 24.3 Å². The summed E-state index contributed by atoms with van der Waals surface area (Å²) in [4.78, 5) is 1.12. The summed E-state index contributed by atoms with van der Waals surface area (Å²) in [6.07, 6.45) is 0. The van der Waals surface area contributed by atoms with Crippen LogP contribution in [-0.4, -0.2) is 5.84 Å². The van der Waals surface area contributed by atoms with E-state index in [4.69, 9.17) is 15.9 Å². The summed E-state index contributed by atoms with van der Waals surface area (Å²) < 4.78 is 18.8. The van der Waals surface area contributed by atoms with Gasteiger partial charge in [-0.05, 0) is 35.2 Å². The number of rotatable bonds is 5. The summed E-state index contributed by atoms with van der Waals surface area (Å²) >= 11 is 1.62. The lowest BCUT2D eigenvalue weighted by molar-refractivity contribution is 0.109. The lowest BCUT2D eigenvalue weighted by Crippen LogP contribution is -2.12. The Morgan fingerprint density at radius 3 is 2.83 bits per heavy atom. The van der Waals surface area contributed by atoms with Crippen LogP contribution in [0.25, 0.3) is 0 Å². The molecule has 0 bridgehead atoms. The van der Waals surface area contributed by atoms with Crippen LogP contribution in [0.4, 0.5) is 4.39 Å². The highest BCUT2D eigenvalue weighted by molar-refractivity contribution is 7.09. The molecule has 1 heterocycles. The van der Waals surface area contributed by atoms with Crippen molar-refractivity contribution >= 4 is 17.2 Å². The summed E-state index contributed by atoms with van der Waals surface area (Å²) in [5, 5.41) is 9.27. The van der Waals surface area contributed by atoms with Crippen LogP contribution in [0.2, 0.25) is 0 Å². The molecule has 0 fully saturated rings. The number of nitrogens with one attached hydrogen (secondary N) is 1. The van der Waals surface area contributed by atoms with Crippen molar-refractivity contribution < 1.29 is 9.13 Å². The third kappa shape index (κ3) is 3.38. The molecular weight excluding hydrogens is 251 g/mol. The first-order valence-electron chi connectivity index (χ1n) is 5.39. The average molecular weight is 264 g/mol. The zero-order valence-electron chi connectivity index (χ0n) is 9.65. The fourth-order valence-electron chi connectivity index (χ4n) is 1.55. The SMILES string of the molecule is N=C(N)c1cc(F)cc(COCc2cccs2)c1. The summed E-state index contributed by atoms with van der Waals surface area (Å²) in [5.41, 5.74) is 6.39. The molecule has 0 saturated carbocycles. The van der Waals surface area contributed by atoms with Gasteiger partial charge in [-0.25, -0.2) is 4.39 Å². The Kier molecular flexibility index (Phi) is 4.07. The molecule has 1 aromatic heterocycles. The number of hydrogen-bond acceptors (Lipinski definition) is 3. The molecule has 2 aromatic rings. The number of ether oxygens (including phenoxy) is 1. The van der Waals surface area contributed by atoms with E-state index in [9.17, 15) is 4.39 Å². The molecule has 0 amide bonds. The Hall–Kier alpha value is -1.72. The first-order chi connectivity index (χ1) is 8.65. The normalized spacial score (nSPS) is 10.5. The molecule has 0 aliphatic carbocycles. The van der Waals surface area contributed by atoms with E-state index < -0.39 is 5.82 Å². The largest absolute Gasteiger partial charge is 0.384 e. The predicted octanol–water partition coefficient (Wildman–Crippen LogP) is 2.89. The maximum absolute atomic E-state index is 13.3. The van der Waals surface area contributed by atoms with Gasteiger partial charge in [0, 0.05) is 10.4 Å². The topological polar surface area (TPSA) is 59.1 Å². The van der Waals surface area contributed by atoms with Gasteiger partial charge in [-0.15, -0.1) is 11.3 Å². The number of hydrogen-bond donors (Lipinski definition) is 2. The molecule has 0 radical (unpaired) electrons. The van der Waals surface area contributed by atoms with Gasteiger partial charge in [-0.3, -0.25) is 5.41 Å². The van der Waals surface area contributed by atoms with Crippen LogP contribution >= 0.6 is 11.3 Å². The highest BCUT2D eigenvalue weighted by Gasteiger charge is 2.04. The smallest absolute Gasteiger partial charge is 0.124 e.